The van der Waals surface area contributed by atoms with E-state index in [0.29, 0.717) is 0 Å². The van der Waals surface area contributed by atoms with Crippen LogP contribution >= 0.6 is 15.9 Å². The van der Waals surface area contributed by atoms with E-state index < -0.39 is 11.6 Å². The van der Waals surface area contributed by atoms with E-state index in [4.69, 9.17) is 0 Å². The molecular formula is C13H11BrF2N2O. The molecule has 0 atom stereocenters. The van der Waals surface area contributed by atoms with E-state index in [2.05, 4.69) is 21.0 Å². The molecule has 0 fully saturated rings. The first-order chi connectivity index (χ1) is 8.90. The molecule has 6 heteroatoms. The lowest BCUT2D eigenvalue weighted by Gasteiger charge is -2.04. The number of carbonyl (C=O) groups excluding carboxylic acids is 1. The summed E-state index contributed by atoms with van der Waals surface area (Å²) in [5.41, 5.74) is 1.71. The largest absolute Gasteiger partial charge is 0.292 e. The number of hydrogen-bond donors (Lipinski definition) is 0. The molecule has 1 aromatic heterocycles. The minimum Gasteiger partial charge on any atom is -0.292 e. The van der Waals surface area contributed by atoms with E-state index in [0.717, 1.165) is 28.0 Å². The van der Waals surface area contributed by atoms with Crippen LogP contribution in [-0.2, 0) is 6.54 Å². The number of benzene rings is 1. The third-order valence-electron chi connectivity index (χ3n) is 2.83. The SMILES string of the molecule is Cc1nn(CC(=O)c2ccc(F)c(F)c2)c(C)c1Br. The Labute approximate surface area is 117 Å². The molecule has 0 N–H and O–H groups in total. The Bertz CT molecular complexity index is 652. The second-order valence-electron chi connectivity index (χ2n) is 4.19. The normalized spacial score (nSPS) is 10.8. The molecule has 19 heavy (non-hydrogen) atoms. The molecule has 0 saturated carbocycles. The quantitative estimate of drug-likeness (QED) is 0.809. The number of aromatic nitrogens is 2. The van der Waals surface area contributed by atoms with Crippen molar-refractivity contribution in [2.75, 3.05) is 0 Å². The number of hydrogen-bond acceptors (Lipinski definition) is 2. The lowest BCUT2D eigenvalue weighted by Crippen LogP contribution is -2.13. The van der Waals surface area contributed by atoms with Crippen molar-refractivity contribution < 1.29 is 13.6 Å². The van der Waals surface area contributed by atoms with Crippen LogP contribution in [0.3, 0.4) is 0 Å². The third kappa shape index (κ3) is 2.73. The van der Waals surface area contributed by atoms with Gasteiger partial charge in [0.2, 0.25) is 0 Å². The average Bonchev–Trinajstić information content (AvgIpc) is 2.60. The van der Waals surface area contributed by atoms with Crippen LogP contribution in [-0.4, -0.2) is 15.6 Å². The van der Waals surface area contributed by atoms with Crippen LogP contribution in [0.15, 0.2) is 22.7 Å². The van der Waals surface area contributed by atoms with Gasteiger partial charge in [0, 0.05) is 5.56 Å². The van der Waals surface area contributed by atoms with Crippen LogP contribution in [0, 0.1) is 25.5 Å². The molecule has 0 saturated heterocycles. The summed E-state index contributed by atoms with van der Waals surface area (Å²) in [5.74, 6) is -2.32. The molecule has 3 nitrogen and oxygen atoms in total. The van der Waals surface area contributed by atoms with Gasteiger partial charge in [-0.3, -0.25) is 9.48 Å². The molecule has 0 aliphatic heterocycles. The Kier molecular flexibility index (Phi) is 3.80. The third-order valence-corrected chi connectivity index (χ3v) is 3.98. The number of ketones is 1. The van der Waals surface area contributed by atoms with Gasteiger partial charge in [-0.1, -0.05) is 0 Å². The Morgan fingerprint density at radius 2 is 2.00 bits per heavy atom. The summed E-state index contributed by atoms with van der Waals surface area (Å²) in [5, 5.41) is 4.20. The van der Waals surface area contributed by atoms with Crippen molar-refractivity contribution in [2.24, 2.45) is 0 Å². The fourth-order valence-electron chi connectivity index (χ4n) is 1.73. The van der Waals surface area contributed by atoms with Gasteiger partial charge in [0.15, 0.2) is 17.4 Å². The van der Waals surface area contributed by atoms with E-state index in [9.17, 15) is 13.6 Å². The summed E-state index contributed by atoms with van der Waals surface area (Å²) < 4.78 is 28.2. The highest BCUT2D eigenvalue weighted by atomic mass is 79.9. The van der Waals surface area contributed by atoms with E-state index in [-0.39, 0.29) is 17.9 Å². The Morgan fingerprint density at radius 3 is 2.53 bits per heavy atom. The number of carbonyl (C=O) groups is 1. The van der Waals surface area contributed by atoms with Crippen LogP contribution in [0.1, 0.15) is 21.7 Å². The Balaban J connectivity index is 2.25. The first kappa shape index (κ1) is 13.9. The molecule has 100 valence electrons. The van der Waals surface area contributed by atoms with Crippen LogP contribution < -0.4 is 0 Å². The minimum absolute atomic E-state index is 0.0106. The number of aryl methyl sites for hydroxylation is 1. The van der Waals surface area contributed by atoms with Crippen molar-refractivity contribution in [3.63, 3.8) is 0 Å². The summed E-state index contributed by atoms with van der Waals surface area (Å²) in [4.78, 5) is 12.0. The second kappa shape index (κ2) is 5.21. The van der Waals surface area contributed by atoms with Gasteiger partial charge in [0.05, 0.1) is 15.9 Å². The van der Waals surface area contributed by atoms with Gasteiger partial charge in [-0.25, -0.2) is 8.78 Å². The Morgan fingerprint density at radius 1 is 1.32 bits per heavy atom. The van der Waals surface area contributed by atoms with Crippen molar-refractivity contribution in [3.05, 3.63) is 51.3 Å². The molecule has 2 rings (SSSR count). The number of halogens is 3. The van der Waals surface area contributed by atoms with Crippen molar-refractivity contribution in [3.8, 4) is 0 Å². The molecule has 2 aromatic rings. The molecule has 0 aliphatic carbocycles. The topological polar surface area (TPSA) is 34.9 Å². The summed E-state index contributed by atoms with van der Waals surface area (Å²) >= 11 is 3.36. The fourth-order valence-corrected chi connectivity index (χ4v) is 2.01. The number of nitrogens with zero attached hydrogens (tertiary/aromatic N) is 2. The van der Waals surface area contributed by atoms with Crippen LogP contribution in [0.25, 0.3) is 0 Å². The van der Waals surface area contributed by atoms with Crippen molar-refractivity contribution in [1.82, 2.24) is 9.78 Å². The highest BCUT2D eigenvalue weighted by molar-refractivity contribution is 9.10. The predicted molar refractivity (Wildman–Crippen MR) is 70.1 cm³/mol. The van der Waals surface area contributed by atoms with Gasteiger partial charge in [0.25, 0.3) is 0 Å². The first-order valence-corrected chi connectivity index (χ1v) is 6.37. The fraction of sp³-hybridized carbons (Fsp3) is 0.231. The molecule has 1 heterocycles. The molecule has 0 radical (unpaired) electrons. The lowest BCUT2D eigenvalue weighted by molar-refractivity contribution is 0.0966. The summed E-state index contributed by atoms with van der Waals surface area (Å²) in [6.45, 7) is 3.63. The van der Waals surface area contributed by atoms with Crippen LogP contribution in [0.4, 0.5) is 8.78 Å². The molecule has 0 spiro atoms. The van der Waals surface area contributed by atoms with Crippen molar-refractivity contribution >= 4 is 21.7 Å². The van der Waals surface area contributed by atoms with E-state index >= 15 is 0 Å². The smallest absolute Gasteiger partial charge is 0.184 e. The maximum absolute atomic E-state index is 13.1. The molecule has 0 aliphatic rings. The van der Waals surface area contributed by atoms with Gasteiger partial charge in [0.1, 0.15) is 6.54 Å². The molecule has 1 aromatic carbocycles. The monoisotopic (exact) mass is 328 g/mol. The highest BCUT2D eigenvalue weighted by Gasteiger charge is 2.14. The average molecular weight is 329 g/mol. The van der Waals surface area contributed by atoms with Gasteiger partial charge in [-0.2, -0.15) is 5.10 Å². The second-order valence-corrected chi connectivity index (χ2v) is 4.99. The van der Waals surface area contributed by atoms with Crippen molar-refractivity contribution in [1.29, 1.82) is 0 Å². The molecular weight excluding hydrogens is 318 g/mol. The van der Waals surface area contributed by atoms with Gasteiger partial charge in [-0.15, -0.1) is 0 Å². The van der Waals surface area contributed by atoms with E-state index in [1.165, 1.54) is 10.7 Å². The molecule has 0 unspecified atom stereocenters. The van der Waals surface area contributed by atoms with E-state index in [1.54, 1.807) is 0 Å². The van der Waals surface area contributed by atoms with Gasteiger partial charge >= 0.3 is 0 Å². The maximum atomic E-state index is 13.1. The zero-order valence-corrected chi connectivity index (χ0v) is 12.0. The number of rotatable bonds is 3. The van der Waals surface area contributed by atoms with Crippen molar-refractivity contribution in [2.45, 2.75) is 20.4 Å². The molecule has 0 bridgehead atoms. The first-order valence-electron chi connectivity index (χ1n) is 5.58. The zero-order valence-electron chi connectivity index (χ0n) is 10.4. The zero-order chi connectivity index (χ0) is 14.2. The van der Waals surface area contributed by atoms with Gasteiger partial charge < -0.3 is 0 Å². The standard InChI is InChI=1S/C13H11BrF2N2O/c1-7-13(14)8(2)18(17-7)6-12(19)9-3-4-10(15)11(16)5-9/h3-5H,6H2,1-2H3. The maximum Gasteiger partial charge on any atom is 0.184 e. The Hall–Kier alpha value is -1.56. The van der Waals surface area contributed by atoms with E-state index in [1.807, 2.05) is 13.8 Å². The summed E-state index contributed by atoms with van der Waals surface area (Å²) in [7, 11) is 0. The molecule has 0 amide bonds. The van der Waals surface area contributed by atoms with Crippen LogP contribution in [0.2, 0.25) is 0 Å². The van der Waals surface area contributed by atoms with Gasteiger partial charge in [-0.05, 0) is 48.0 Å². The minimum atomic E-state index is -1.03. The predicted octanol–water partition coefficient (Wildman–Crippen LogP) is 3.42. The number of Topliss-reactive ketones (excluding diaryl/α,β-unsaturated/α-hetero) is 1. The highest BCUT2D eigenvalue weighted by Crippen LogP contribution is 2.20. The lowest BCUT2D eigenvalue weighted by atomic mass is 10.1. The summed E-state index contributed by atoms with van der Waals surface area (Å²) in [6, 6.07) is 3.11. The van der Waals surface area contributed by atoms with Crippen LogP contribution in [0.5, 0.6) is 0 Å². The summed E-state index contributed by atoms with van der Waals surface area (Å²) in [6.07, 6.45) is 0.